The highest BCUT2D eigenvalue weighted by Crippen LogP contribution is 2.20. The number of benzene rings is 1. The first-order valence-electron chi connectivity index (χ1n) is 7.48. The van der Waals surface area contributed by atoms with Crippen molar-refractivity contribution in [3.63, 3.8) is 0 Å². The molecule has 6 heteroatoms. The van der Waals surface area contributed by atoms with Crippen molar-refractivity contribution in [2.24, 2.45) is 13.0 Å². The van der Waals surface area contributed by atoms with Crippen molar-refractivity contribution >= 4 is 5.91 Å². The summed E-state index contributed by atoms with van der Waals surface area (Å²) in [5, 5.41) is 14.2. The molecule has 0 saturated carbocycles. The van der Waals surface area contributed by atoms with Gasteiger partial charge in [-0.3, -0.25) is 9.48 Å². The zero-order chi connectivity index (χ0) is 15.7. The topological polar surface area (TPSA) is 71.2 Å². The van der Waals surface area contributed by atoms with E-state index in [4.69, 9.17) is 0 Å². The summed E-state index contributed by atoms with van der Waals surface area (Å²) in [6.45, 7) is 3.12. The van der Waals surface area contributed by atoms with Crippen LogP contribution in [-0.2, 0) is 7.05 Å². The Kier molecular flexibility index (Phi) is 3.94. The molecular formula is C16H20N4O2. The third-order valence-electron chi connectivity index (χ3n) is 4.20. The van der Waals surface area contributed by atoms with Crippen LogP contribution in [0.25, 0.3) is 11.4 Å². The lowest BCUT2D eigenvalue weighted by atomic mass is 9.95. The lowest BCUT2D eigenvalue weighted by molar-refractivity contribution is 0.0248. The van der Waals surface area contributed by atoms with Crippen LogP contribution in [0.15, 0.2) is 30.6 Å². The molecule has 2 aromatic rings. The fraction of sp³-hybridized carbons (Fsp3) is 0.438. The molecule has 1 aromatic heterocycles. The predicted molar refractivity (Wildman–Crippen MR) is 82.1 cm³/mol. The van der Waals surface area contributed by atoms with Crippen LogP contribution in [-0.4, -0.2) is 49.9 Å². The van der Waals surface area contributed by atoms with Crippen molar-refractivity contribution in [2.45, 2.75) is 19.4 Å². The van der Waals surface area contributed by atoms with Gasteiger partial charge in [-0.2, -0.15) is 5.10 Å². The van der Waals surface area contributed by atoms with E-state index >= 15 is 0 Å². The molecule has 1 fully saturated rings. The molecule has 1 aliphatic rings. The van der Waals surface area contributed by atoms with Crippen LogP contribution in [0.4, 0.5) is 0 Å². The summed E-state index contributed by atoms with van der Waals surface area (Å²) in [6.07, 6.45) is 2.04. The average Bonchev–Trinajstić information content (AvgIpc) is 2.96. The van der Waals surface area contributed by atoms with E-state index in [0.29, 0.717) is 24.5 Å². The normalized spacial score (nSPS) is 21.9. The van der Waals surface area contributed by atoms with Crippen molar-refractivity contribution in [3.05, 3.63) is 36.2 Å². The number of hydrogen-bond acceptors (Lipinski definition) is 4. The van der Waals surface area contributed by atoms with Gasteiger partial charge in [0.15, 0.2) is 5.82 Å². The molecule has 6 nitrogen and oxygen atoms in total. The second-order valence-corrected chi connectivity index (χ2v) is 5.90. The van der Waals surface area contributed by atoms with E-state index in [1.54, 1.807) is 28.0 Å². The fourth-order valence-corrected chi connectivity index (χ4v) is 2.65. The molecule has 116 valence electrons. The van der Waals surface area contributed by atoms with Gasteiger partial charge in [0.2, 0.25) is 0 Å². The summed E-state index contributed by atoms with van der Waals surface area (Å²) in [6, 6.07) is 7.29. The minimum atomic E-state index is -0.435. The van der Waals surface area contributed by atoms with Crippen molar-refractivity contribution in [1.82, 2.24) is 19.7 Å². The number of rotatable bonds is 2. The van der Waals surface area contributed by atoms with Crippen LogP contribution in [0.3, 0.4) is 0 Å². The van der Waals surface area contributed by atoms with Gasteiger partial charge in [-0.05, 0) is 24.5 Å². The number of amides is 1. The molecule has 1 amide bonds. The van der Waals surface area contributed by atoms with E-state index < -0.39 is 6.10 Å². The van der Waals surface area contributed by atoms with Gasteiger partial charge < -0.3 is 10.0 Å². The molecule has 1 aliphatic heterocycles. The first-order valence-corrected chi connectivity index (χ1v) is 7.48. The number of aliphatic hydroxyl groups excluding tert-OH is 1. The molecule has 2 unspecified atom stereocenters. The van der Waals surface area contributed by atoms with Gasteiger partial charge in [-0.25, -0.2) is 4.98 Å². The van der Waals surface area contributed by atoms with E-state index in [1.165, 1.54) is 0 Å². The Hall–Kier alpha value is -2.21. The van der Waals surface area contributed by atoms with E-state index in [9.17, 15) is 9.90 Å². The minimum absolute atomic E-state index is 0.0357. The number of aryl methyl sites for hydroxylation is 1. The number of aromatic nitrogens is 3. The number of carbonyl (C=O) groups excluding carboxylic acids is 1. The maximum absolute atomic E-state index is 12.5. The summed E-state index contributed by atoms with van der Waals surface area (Å²) in [5.74, 6) is 0.858. The Morgan fingerprint density at radius 2 is 2.05 bits per heavy atom. The van der Waals surface area contributed by atoms with Crippen LogP contribution >= 0.6 is 0 Å². The van der Waals surface area contributed by atoms with Crippen molar-refractivity contribution in [1.29, 1.82) is 0 Å². The number of aliphatic hydroxyl groups is 1. The predicted octanol–water partition coefficient (Wildman–Crippen LogP) is 1.32. The van der Waals surface area contributed by atoms with Crippen LogP contribution in [0.2, 0.25) is 0 Å². The number of likely N-dealkylation sites (tertiary alicyclic amines) is 1. The quantitative estimate of drug-likeness (QED) is 0.908. The molecule has 1 saturated heterocycles. The highest BCUT2D eigenvalue weighted by molar-refractivity contribution is 5.94. The number of hydrogen-bond donors (Lipinski definition) is 1. The Morgan fingerprint density at radius 1 is 1.32 bits per heavy atom. The van der Waals surface area contributed by atoms with E-state index in [0.717, 1.165) is 12.0 Å². The third-order valence-corrected chi connectivity index (χ3v) is 4.20. The van der Waals surface area contributed by atoms with Gasteiger partial charge in [-0.15, -0.1) is 0 Å². The molecule has 0 aliphatic carbocycles. The Bertz CT molecular complexity index is 665. The first kappa shape index (κ1) is 14.7. The van der Waals surface area contributed by atoms with Crippen LogP contribution in [0, 0.1) is 5.92 Å². The van der Waals surface area contributed by atoms with Crippen LogP contribution in [0.1, 0.15) is 23.7 Å². The second kappa shape index (κ2) is 5.88. The van der Waals surface area contributed by atoms with Gasteiger partial charge in [0.25, 0.3) is 5.91 Å². The van der Waals surface area contributed by atoms with Gasteiger partial charge in [0, 0.05) is 31.3 Å². The van der Waals surface area contributed by atoms with Crippen molar-refractivity contribution < 1.29 is 9.90 Å². The minimum Gasteiger partial charge on any atom is -0.391 e. The number of carbonyl (C=O) groups is 1. The molecule has 22 heavy (non-hydrogen) atoms. The highest BCUT2D eigenvalue weighted by atomic mass is 16.3. The molecule has 0 bridgehead atoms. The standard InChI is InChI=1S/C16H20N4O2/c1-11-7-8-20(9-14(11)21)16(22)13-5-3-12(4-6-13)15-17-10-19(2)18-15/h3-6,10-11,14,21H,7-9H2,1-2H3. The van der Waals surface area contributed by atoms with Gasteiger partial charge in [0.1, 0.15) is 6.33 Å². The largest absolute Gasteiger partial charge is 0.391 e. The summed E-state index contributed by atoms with van der Waals surface area (Å²) in [7, 11) is 1.82. The zero-order valence-corrected chi connectivity index (χ0v) is 12.8. The molecule has 2 atom stereocenters. The number of β-amino-alcohol motifs (C(OH)–C–C–N with tert-alkyl or cyclic N) is 1. The van der Waals surface area contributed by atoms with E-state index in [1.807, 2.05) is 26.1 Å². The van der Waals surface area contributed by atoms with Gasteiger partial charge in [-0.1, -0.05) is 19.1 Å². The Morgan fingerprint density at radius 3 is 2.64 bits per heavy atom. The van der Waals surface area contributed by atoms with Gasteiger partial charge in [0.05, 0.1) is 6.10 Å². The van der Waals surface area contributed by atoms with Gasteiger partial charge >= 0.3 is 0 Å². The Labute approximate surface area is 129 Å². The van der Waals surface area contributed by atoms with Crippen LogP contribution in [0.5, 0.6) is 0 Å². The summed E-state index contributed by atoms with van der Waals surface area (Å²) in [4.78, 5) is 18.4. The molecule has 1 aromatic carbocycles. The molecule has 3 rings (SSSR count). The lowest BCUT2D eigenvalue weighted by Gasteiger charge is -2.34. The van der Waals surface area contributed by atoms with E-state index in [-0.39, 0.29) is 11.8 Å². The van der Waals surface area contributed by atoms with Crippen LogP contribution < -0.4 is 0 Å². The zero-order valence-electron chi connectivity index (χ0n) is 12.8. The number of piperidine rings is 1. The lowest BCUT2D eigenvalue weighted by Crippen LogP contribution is -2.45. The highest BCUT2D eigenvalue weighted by Gasteiger charge is 2.27. The van der Waals surface area contributed by atoms with E-state index in [2.05, 4.69) is 10.1 Å². The second-order valence-electron chi connectivity index (χ2n) is 5.90. The Balaban J connectivity index is 1.74. The molecule has 1 N–H and O–H groups in total. The average molecular weight is 300 g/mol. The maximum Gasteiger partial charge on any atom is 0.253 e. The monoisotopic (exact) mass is 300 g/mol. The summed E-state index contributed by atoms with van der Waals surface area (Å²) in [5.41, 5.74) is 1.51. The summed E-state index contributed by atoms with van der Waals surface area (Å²) >= 11 is 0. The number of nitrogens with zero attached hydrogens (tertiary/aromatic N) is 4. The molecular weight excluding hydrogens is 280 g/mol. The smallest absolute Gasteiger partial charge is 0.253 e. The molecule has 0 radical (unpaired) electrons. The van der Waals surface area contributed by atoms with Crippen molar-refractivity contribution in [2.75, 3.05) is 13.1 Å². The SMILES string of the molecule is CC1CCN(C(=O)c2ccc(-c3ncn(C)n3)cc2)CC1O. The molecule has 0 spiro atoms. The third kappa shape index (κ3) is 2.87. The first-order chi connectivity index (χ1) is 10.5. The summed E-state index contributed by atoms with van der Waals surface area (Å²) < 4.78 is 1.64. The fourth-order valence-electron chi connectivity index (χ4n) is 2.65. The molecule has 2 heterocycles. The maximum atomic E-state index is 12.5. The van der Waals surface area contributed by atoms with Crippen molar-refractivity contribution in [3.8, 4) is 11.4 Å².